The van der Waals surface area contributed by atoms with Crippen molar-refractivity contribution in [2.24, 2.45) is 0 Å². The van der Waals surface area contributed by atoms with Gasteiger partial charge >= 0.3 is 19.5 Å². The molecule has 0 bridgehead atoms. The fraction of sp³-hybridized carbons (Fsp3) is 0.944. The van der Waals surface area contributed by atoms with Crippen LogP contribution in [0.5, 0.6) is 0 Å². The molecule has 0 aromatic heterocycles. The van der Waals surface area contributed by atoms with Crippen LogP contribution in [0.3, 0.4) is 0 Å². The number of ether oxygens (including phenoxy) is 2. The van der Waals surface area contributed by atoms with Crippen LogP contribution in [0.2, 0.25) is 0 Å². The molecule has 0 aliphatic rings. The molecule has 0 amide bonds. The van der Waals surface area contributed by atoms with Crippen LogP contribution in [-0.2, 0) is 28.2 Å². The average Bonchev–Trinajstić information content (AvgIpc) is 2.98. The Labute approximate surface area is 277 Å². The van der Waals surface area contributed by atoms with E-state index in [-0.39, 0.29) is 37.7 Å². The summed E-state index contributed by atoms with van der Waals surface area (Å²) in [6.45, 7) is 4.49. The van der Waals surface area contributed by atoms with Gasteiger partial charge in [0.15, 0.2) is 6.10 Å². The fourth-order valence-corrected chi connectivity index (χ4v) is 6.56. The predicted octanol–water partition coefficient (Wildman–Crippen LogP) is 9.75. The summed E-state index contributed by atoms with van der Waals surface area (Å²) in [6, 6.07) is 0. The maximum atomic E-state index is 12.6. The van der Waals surface area contributed by atoms with Crippen molar-refractivity contribution in [2.45, 2.75) is 174 Å². The highest BCUT2D eigenvalue weighted by molar-refractivity contribution is 7.52. The fourth-order valence-electron chi connectivity index (χ4n) is 5.18. The van der Waals surface area contributed by atoms with Crippen molar-refractivity contribution >= 4 is 19.5 Å². The Balaban J connectivity index is 4.40. The van der Waals surface area contributed by atoms with Crippen molar-refractivity contribution in [1.82, 2.24) is 0 Å². The molecule has 0 aliphatic carbocycles. The molecular formula is C36H73NO7P+. The molecule has 0 aromatic carbocycles. The lowest BCUT2D eigenvalue weighted by Crippen LogP contribution is -2.37. The molecule has 0 aromatic rings. The number of esters is 2. The Bertz CT molecular complexity index is 756. The maximum Gasteiger partial charge on any atom is 0.333 e. The topological polar surface area (TPSA) is 99.1 Å². The summed E-state index contributed by atoms with van der Waals surface area (Å²) < 4.78 is 29.4. The van der Waals surface area contributed by atoms with Gasteiger partial charge in [-0.2, -0.15) is 0 Å². The first-order chi connectivity index (χ1) is 21.5. The first-order valence-electron chi connectivity index (χ1n) is 18.6. The van der Waals surface area contributed by atoms with Crippen molar-refractivity contribution in [1.29, 1.82) is 0 Å². The van der Waals surface area contributed by atoms with Gasteiger partial charge in [0.05, 0.1) is 40.5 Å². The van der Waals surface area contributed by atoms with E-state index < -0.39 is 13.7 Å². The summed E-state index contributed by atoms with van der Waals surface area (Å²) in [6.07, 6.45) is 26.1. The Kier molecular flexibility index (Phi) is 28.6. The second-order valence-electron chi connectivity index (χ2n) is 14.0. The smallest absolute Gasteiger partial charge is 0.333 e. The molecule has 0 heterocycles. The molecule has 45 heavy (non-hydrogen) atoms. The van der Waals surface area contributed by atoms with Crippen LogP contribution in [-0.4, -0.2) is 74.5 Å². The minimum Gasteiger partial charge on any atom is -0.462 e. The van der Waals surface area contributed by atoms with E-state index in [1.165, 1.54) is 103 Å². The highest BCUT2D eigenvalue weighted by Gasteiger charge is 2.27. The van der Waals surface area contributed by atoms with Gasteiger partial charge in [0.25, 0.3) is 0 Å². The number of quaternary nitrogens is 1. The minimum atomic E-state index is -3.87. The van der Waals surface area contributed by atoms with Crippen molar-refractivity contribution in [3.05, 3.63) is 0 Å². The number of rotatable bonds is 33. The van der Waals surface area contributed by atoms with Crippen LogP contribution in [0, 0.1) is 0 Å². The molecule has 0 saturated heterocycles. The largest absolute Gasteiger partial charge is 0.462 e. The van der Waals surface area contributed by atoms with Gasteiger partial charge in [-0.3, -0.25) is 14.2 Å². The van der Waals surface area contributed by atoms with Gasteiger partial charge in [-0.05, 0) is 12.8 Å². The van der Waals surface area contributed by atoms with Crippen LogP contribution < -0.4 is 0 Å². The summed E-state index contributed by atoms with van der Waals surface area (Å²) in [7, 11) is 1.95. The molecule has 0 radical (unpaired) electrons. The third-order valence-electron chi connectivity index (χ3n) is 8.21. The monoisotopic (exact) mass is 663 g/mol. The number of hydrogen-bond acceptors (Lipinski definition) is 6. The first-order valence-corrected chi connectivity index (χ1v) is 20.4. The minimum absolute atomic E-state index is 0.00541. The van der Waals surface area contributed by atoms with Gasteiger partial charge in [-0.1, -0.05) is 142 Å². The number of carbonyl (C=O) groups excluding carboxylic acids is 2. The Morgan fingerprint density at radius 1 is 0.600 bits per heavy atom. The second kappa shape index (κ2) is 29.2. The van der Waals surface area contributed by atoms with Crippen LogP contribution in [0.15, 0.2) is 0 Å². The maximum absolute atomic E-state index is 12.6. The van der Waals surface area contributed by atoms with Crippen LogP contribution >= 0.6 is 7.60 Å². The van der Waals surface area contributed by atoms with Crippen molar-refractivity contribution in [2.75, 3.05) is 47.1 Å². The summed E-state index contributed by atoms with van der Waals surface area (Å²) >= 11 is 0. The van der Waals surface area contributed by atoms with Crippen molar-refractivity contribution < 1.29 is 37.5 Å². The lowest BCUT2D eigenvalue weighted by molar-refractivity contribution is -0.867. The third kappa shape index (κ3) is 32.8. The Morgan fingerprint density at radius 2 is 0.978 bits per heavy atom. The SMILES string of the molecule is CCCCCCCCCCCCCC(=O)OC[C@@H](COP(=O)(O)CC[N+](C)(C)C)OC(=O)CCCCCCCCCCCCC. The highest BCUT2D eigenvalue weighted by Crippen LogP contribution is 2.42. The van der Waals surface area contributed by atoms with Crippen molar-refractivity contribution in [3.63, 3.8) is 0 Å². The number of carbonyl (C=O) groups is 2. The molecule has 1 N–H and O–H groups in total. The zero-order valence-corrected chi connectivity index (χ0v) is 31.1. The Morgan fingerprint density at radius 3 is 1.38 bits per heavy atom. The molecule has 8 nitrogen and oxygen atoms in total. The lowest BCUT2D eigenvalue weighted by atomic mass is 10.1. The third-order valence-corrected chi connectivity index (χ3v) is 9.53. The van der Waals surface area contributed by atoms with E-state index in [1.54, 1.807) is 0 Å². The number of unbranched alkanes of at least 4 members (excludes halogenated alkanes) is 20. The van der Waals surface area contributed by atoms with E-state index in [4.69, 9.17) is 14.0 Å². The lowest BCUT2D eigenvalue weighted by Gasteiger charge is -2.25. The average molecular weight is 663 g/mol. The summed E-state index contributed by atoms with van der Waals surface area (Å²) in [5, 5.41) is 0. The molecule has 1 unspecified atom stereocenters. The highest BCUT2D eigenvalue weighted by atomic mass is 31.2. The van der Waals surface area contributed by atoms with Gasteiger partial charge < -0.3 is 23.4 Å². The quantitative estimate of drug-likeness (QED) is 0.0323. The van der Waals surface area contributed by atoms with Crippen LogP contribution in [0.4, 0.5) is 0 Å². The van der Waals surface area contributed by atoms with Gasteiger partial charge in [0.1, 0.15) is 6.61 Å². The van der Waals surface area contributed by atoms with Gasteiger partial charge in [0, 0.05) is 12.8 Å². The summed E-state index contributed by atoms with van der Waals surface area (Å²) in [5.74, 6) is -0.727. The predicted molar refractivity (Wildman–Crippen MR) is 187 cm³/mol. The zero-order valence-electron chi connectivity index (χ0n) is 30.2. The summed E-state index contributed by atoms with van der Waals surface area (Å²) in [4.78, 5) is 35.3. The number of nitrogens with zero attached hydrogens (tertiary/aromatic N) is 1. The van der Waals surface area contributed by atoms with E-state index in [0.29, 0.717) is 17.4 Å². The van der Waals surface area contributed by atoms with Gasteiger partial charge in [0.2, 0.25) is 0 Å². The second-order valence-corrected chi connectivity index (χ2v) is 16.0. The normalized spacial score (nSPS) is 13.8. The standard InChI is InChI=1S/C36H72NO7P/c1-6-8-10-12-14-16-18-20-22-24-26-28-35(38)42-32-34(33-43-45(40,41)31-30-37(3,4)5)44-36(39)29-27-25-23-21-19-17-15-13-11-9-7-2/h34H,6-33H2,1-5H3/p+1/t34-/m0/s1. The van der Waals surface area contributed by atoms with Crippen LogP contribution in [0.25, 0.3) is 0 Å². The number of hydrogen-bond donors (Lipinski definition) is 1. The molecule has 0 rings (SSSR count). The van der Waals surface area contributed by atoms with Gasteiger partial charge in [-0.25, -0.2) is 0 Å². The molecule has 268 valence electrons. The van der Waals surface area contributed by atoms with Crippen molar-refractivity contribution in [3.8, 4) is 0 Å². The first kappa shape index (κ1) is 44.0. The Hall–Kier alpha value is -0.950. The molecule has 9 heteroatoms. The van der Waals surface area contributed by atoms with E-state index in [2.05, 4.69) is 13.8 Å². The van der Waals surface area contributed by atoms with Gasteiger partial charge in [-0.15, -0.1) is 0 Å². The molecule has 0 fully saturated rings. The molecular weight excluding hydrogens is 589 g/mol. The molecule has 0 saturated carbocycles. The molecule has 0 spiro atoms. The van der Waals surface area contributed by atoms with E-state index in [0.717, 1.165) is 38.5 Å². The molecule has 0 aliphatic heterocycles. The zero-order chi connectivity index (χ0) is 33.7. The van der Waals surface area contributed by atoms with E-state index in [1.807, 2.05) is 21.1 Å². The van der Waals surface area contributed by atoms with E-state index >= 15 is 0 Å². The van der Waals surface area contributed by atoms with Crippen LogP contribution in [0.1, 0.15) is 168 Å². The van der Waals surface area contributed by atoms with E-state index in [9.17, 15) is 19.0 Å². The molecule has 2 atom stereocenters. The summed E-state index contributed by atoms with van der Waals surface area (Å²) in [5.41, 5.74) is 0.